The molecular weight excluding hydrogens is 292 g/mol. The highest BCUT2D eigenvalue weighted by molar-refractivity contribution is 7.94. The largest absolute Gasteiger partial charge is 0.478 e. The number of carbonyl (C=O) groups is 1. The summed E-state index contributed by atoms with van der Waals surface area (Å²) in [5.74, 6) is -2.68. The van der Waals surface area contributed by atoms with Crippen LogP contribution in [-0.4, -0.2) is 45.7 Å². The summed E-state index contributed by atoms with van der Waals surface area (Å²) >= 11 is 0. The Kier molecular flexibility index (Phi) is 4.70. The molecule has 0 atom stereocenters. The van der Waals surface area contributed by atoms with Crippen molar-refractivity contribution in [2.24, 2.45) is 0 Å². The van der Waals surface area contributed by atoms with Crippen molar-refractivity contribution in [3.05, 3.63) is 35.4 Å². The van der Waals surface area contributed by atoms with Gasteiger partial charge in [-0.2, -0.15) is 0 Å². The Morgan fingerprint density at radius 1 is 1.11 bits per heavy atom. The van der Waals surface area contributed by atoms with Crippen molar-refractivity contribution in [3.63, 3.8) is 0 Å². The average Bonchev–Trinajstić information content (AvgIpc) is 2.26. The Balaban J connectivity index is 2.93. The van der Waals surface area contributed by atoms with Crippen molar-refractivity contribution in [2.75, 3.05) is 17.8 Å². The van der Waals surface area contributed by atoms with Crippen LogP contribution in [0.5, 0.6) is 0 Å². The molecule has 0 aliphatic heterocycles. The maximum absolute atomic E-state index is 11.8. The zero-order valence-corrected chi connectivity index (χ0v) is 11.9. The molecular formula is C11H14O6S2. The first-order chi connectivity index (χ1) is 8.61. The van der Waals surface area contributed by atoms with Crippen LogP contribution in [0.1, 0.15) is 15.9 Å². The van der Waals surface area contributed by atoms with Crippen LogP contribution >= 0.6 is 0 Å². The predicted molar refractivity (Wildman–Crippen MR) is 70.6 cm³/mol. The number of rotatable bonds is 6. The standard InChI is InChI=1S/C11H14O6S2/c1-18(14,15)6-7-19(16,17)8-9-4-2-3-5-10(9)11(12)13/h2-5H,6-8H2,1H3,(H,12,13). The van der Waals surface area contributed by atoms with Crippen molar-refractivity contribution >= 4 is 25.6 Å². The van der Waals surface area contributed by atoms with E-state index in [4.69, 9.17) is 5.11 Å². The molecule has 0 aromatic heterocycles. The number of carboxylic acids is 1. The molecule has 0 aliphatic carbocycles. The second-order valence-corrected chi connectivity index (χ2v) is 8.63. The van der Waals surface area contributed by atoms with Gasteiger partial charge in [0.05, 0.1) is 22.8 Å². The SMILES string of the molecule is CS(=O)(=O)CCS(=O)(=O)Cc1ccccc1C(=O)O. The summed E-state index contributed by atoms with van der Waals surface area (Å²) in [5.41, 5.74) is 0.0638. The third kappa shape index (κ3) is 5.39. The molecule has 106 valence electrons. The van der Waals surface area contributed by atoms with Gasteiger partial charge in [-0.05, 0) is 11.6 Å². The fourth-order valence-electron chi connectivity index (χ4n) is 1.44. The molecule has 6 nitrogen and oxygen atoms in total. The Bertz CT molecular complexity index is 673. The molecule has 1 aromatic rings. The van der Waals surface area contributed by atoms with Gasteiger partial charge >= 0.3 is 5.97 Å². The normalized spacial score (nSPS) is 12.3. The van der Waals surface area contributed by atoms with E-state index in [9.17, 15) is 21.6 Å². The first kappa shape index (κ1) is 15.6. The minimum Gasteiger partial charge on any atom is -0.478 e. The van der Waals surface area contributed by atoms with E-state index in [-0.39, 0.29) is 11.1 Å². The van der Waals surface area contributed by atoms with Gasteiger partial charge in [-0.3, -0.25) is 0 Å². The topological polar surface area (TPSA) is 106 Å². The first-order valence-corrected chi connectivity index (χ1v) is 9.18. The lowest BCUT2D eigenvalue weighted by atomic mass is 10.1. The molecule has 0 unspecified atom stereocenters. The summed E-state index contributed by atoms with van der Waals surface area (Å²) in [5, 5.41) is 8.93. The Hall–Kier alpha value is -1.41. The number of benzene rings is 1. The van der Waals surface area contributed by atoms with Crippen molar-refractivity contribution < 1.29 is 26.7 Å². The first-order valence-electron chi connectivity index (χ1n) is 5.30. The summed E-state index contributed by atoms with van der Waals surface area (Å²) in [7, 11) is -7.04. The second kappa shape index (κ2) is 5.70. The van der Waals surface area contributed by atoms with Crippen LogP contribution in [0, 0.1) is 0 Å². The highest BCUT2D eigenvalue weighted by atomic mass is 32.2. The van der Waals surface area contributed by atoms with Crippen molar-refractivity contribution in [2.45, 2.75) is 5.75 Å². The van der Waals surface area contributed by atoms with Gasteiger partial charge in [0, 0.05) is 6.26 Å². The minimum atomic E-state index is -3.67. The van der Waals surface area contributed by atoms with E-state index in [2.05, 4.69) is 0 Å². The minimum absolute atomic E-state index is 0.0922. The molecule has 19 heavy (non-hydrogen) atoms. The summed E-state index contributed by atoms with van der Waals surface area (Å²) < 4.78 is 45.4. The van der Waals surface area contributed by atoms with Gasteiger partial charge in [0.2, 0.25) is 0 Å². The number of hydrogen-bond donors (Lipinski definition) is 1. The Morgan fingerprint density at radius 3 is 2.21 bits per heavy atom. The van der Waals surface area contributed by atoms with E-state index >= 15 is 0 Å². The Labute approximate surface area is 111 Å². The summed E-state index contributed by atoms with van der Waals surface area (Å²) in [6.45, 7) is 0. The molecule has 0 spiro atoms. The molecule has 1 aromatic carbocycles. The number of carboxylic acid groups (broad SMARTS) is 1. The van der Waals surface area contributed by atoms with Crippen LogP contribution in [0.25, 0.3) is 0 Å². The van der Waals surface area contributed by atoms with E-state index in [0.717, 1.165) is 6.26 Å². The monoisotopic (exact) mass is 306 g/mol. The molecule has 0 aliphatic rings. The van der Waals surface area contributed by atoms with E-state index in [1.807, 2.05) is 0 Å². The predicted octanol–water partition coefficient (Wildman–Crippen LogP) is 0.344. The summed E-state index contributed by atoms with van der Waals surface area (Å²) in [6, 6.07) is 5.75. The molecule has 1 rings (SSSR count). The van der Waals surface area contributed by atoms with Crippen molar-refractivity contribution in [1.82, 2.24) is 0 Å². The lowest BCUT2D eigenvalue weighted by Crippen LogP contribution is -2.18. The molecule has 0 fully saturated rings. The zero-order chi connectivity index (χ0) is 14.7. The fourth-order valence-corrected chi connectivity index (χ4v) is 4.54. The van der Waals surface area contributed by atoms with Gasteiger partial charge in [-0.1, -0.05) is 18.2 Å². The molecule has 0 heterocycles. The molecule has 0 radical (unpaired) electrons. The maximum Gasteiger partial charge on any atom is 0.335 e. The molecule has 0 amide bonds. The molecule has 0 saturated heterocycles. The van der Waals surface area contributed by atoms with Crippen LogP contribution in [0.3, 0.4) is 0 Å². The molecule has 0 bridgehead atoms. The van der Waals surface area contributed by atoms with Gasteiger partial charge in [-0.15, -0.1) is 0 Å². The molecule has 0 saturated carbocycles. The van der Waals surface area contributed by atoms with Crippen LogP contribution in [0.15, 0.2) is 24.3 Å². The van der Waals surface area contributed by atoms with Crippen LogP contribution in [-0.2, 0) is 25.4 Å². The number of sulfone groups is 2. The summed E-state index contributed by atoms with van der Waals surface area (Å²) in [6.07, 6.45) is 0.952. The zero-order valence-electron chi connectivity index (χ0n) is 10.2. The fraction of sp³-hybridized carbons (Fsp3) is 0.364. The van der Waals surface area contributed by atoms with Crippen molar-refractivity contribution in [1.29, 1.82) is 0 Å². The van der Waals surface area contributed by atoms with Crippen molar-refractivity contribution in [3.8, 4) is 0 Å². The van der Waals surface area contributed by atoms with Gasteiger partial charge < -0.3 is 5.11 Å². The van der Waals surface area contributed by atoms with Gasteiger partial charge in [0.1, 0.15) is 9.84 Å². The van der Waals surface area contributed by atoms with Gasteiger partial charge in [0.25, 0.3) is 0 Å². The summed E-state index contributed by atoms with van der Waals surface area (Å²) in [4.78, 5) is 10.9. The third-order valence-electron chi connectivity index (χ3n) is 2.39. The van der Waals surface area contributed by atoms with Gasteiger partial charge in [0.15, 0.2) is 9.84 Å². The molecule has 8 heteroatoms. The highest BCUT2D eigenvalue weighted by Gasteiger charge is 2.19. The third-order valence-corrected chi connectivity index (χ3v) is 5.17. The average molecular weight is 306 g/mol. The van der Waals surface area contributed by atoms with Crippen LogP contribution in [0.2, 0.25) is 0 Å². The van der Waals surface area contributed by atoms with E-state index in [0.29, 0.717) is 0 Å². The van der Waals surface area contributed by atoms with Crippen LogP contribution < -0.4 is 0 Å². The van der Waals surface area contributed by atoms with E-state index < -0.39 is 42.9 Å². The Morgan fingerprint density at radius 2 is 1.68 bits per heavy atom. The maximum atomic E-state index is 11.8. The lowest BCUT2D eigenvalue weighted by Gasteiger charge is -2.07. The second-order valence-electron chi connectivity index (χ2n) is 4.18. The number of aromatic carboxylic acids is 1. The van der Waals surface area contributed by atoms with Gasteiger partial charge in [-0.25, -0.2) is 21.6 Å². The highest BCUT2D eigenvalue weighted by Crippen LogP contribution is 2.13. The smallest absolute Gasteiger partial charge is 0.335 e. The molecule has 1 N–H and O–H groups in total. The quantitative estimate of drug-likeness (QED) is 0.812. The number of hydrogen-bond acceptors (Lipinski definition) is 5. The lowest BCUT2D eigenvalue weighted by molar-refractivity contribution is 0.0696. The van der Waals surface area contributed by atoms with E-state index in [1.54, 1.807) is 0 Å². The van der Waals surface area contributed by atoms with Crippen LogP contribution in [0.4, 0.5) is 0 Å². The van der Waals surface area contributed by atoms with E-state index in [1.165, 1.54) is 24.3 Å².